The lowest BCUT2D eigenvalue weighted by Gasteiger charge is -2.16. The van der Waals surface area contributed by atoms with Crippen molar-refractivity contribution in [2.24, 2.45) is 11.3 Å². The lowest BCUT2D eigenvalue weighted by molar-refractivity contribution is -0.153. The zero-order valence-corrected chi connectivity index (χ0v) is 9.74. The summed E-state index contributed by atoms with van der Waals surface area (Å²) < 4.78 is 5.15. The van der Waals surface area contributed by atoms with Crippen molar-refractivity contribution >= 4 is 27.6 Å². The standard InChI is InChI=1S/C9H15ClO2S/c1-9(2,3)8(11)12-5-6-4-7(6)13-10/h6-7H,4-5H2,1-3H3. The fraction of sp³-hybridized carbons (Fsp3) is 0.889. The zero-order valence-electron chi connectivity index (χ0n) is 8.17. The highest BCUT2D eigenvalue weighted by atomic mass is 35.7. The van der Waals surface area contributed by atoms with Crippen LogP contribution < -0.4 is 0 Å². The van der Waals surface area contributed by atoms with Crippen LogP contribution in [0.25, 0.3) is 0 Å². The molecule has 2 unspecified atom stereocenters. The Morgan fingerprint density at radius 1 is 1.62 bits per heavy atom. The van der Waals surface area contributed by atoms with Crippen molar-refractivity contribution in [2.75, 3.05) is 6.61 Å². The second-order valence-electron chi connectivity index (χ2n) is 4.47. The van der Waals surface area contributed by atoms with Gasteiger partial charge in [0, 0.05) is 11.2 Å². The summed E-state index contributed by atoms with van der Waals surface area (Å²) in [6, 6.07) is 0. The van der Waals surface area contributed by atoms with E-state index < -0.39 is 5.41 Å². The van der Waals surface area contributed by atoms with Gasteiger partial charge in [0.2, 0.25) is 0 Å². The second-order valence-corrected chi connectivity index (χ2v) is 5.79. The van der Waals surface area contributed by atoms with Gasteiger partial charge in [-0.3, -0.25) is 4.79 Å². The van der Waals surface area contributed by atoms with Gasteiger partial charge in [-0.05, 0) is 37.9 Å². The van der Waals surface area contributed by atoms with Gasteiger partial charge in [0.1, 0.15) is 0 Å². The molecule has 1 rings (SSSR count). The SMILES string of the molecule is CC(C)(C)C(=O)OCC1CC1SCl. The molecular weight excluding hydrogens is 208 g/mol. The van der Waals surface area contributed by atoms with E-state index in [2.05, 4.69) is 0 Å². The molecule has 0 aromatic heterocycles. The van der Waals surface area contributed by atoms with Gasteiger partial charge < -0.3 is 4.74 Å². The summed E-state index contributed by atoms with van der Waals surface area (Å²) >= 11 is 0. The van der Waals surface area contributed by atoms with Crippen LogP contribution in [-0.4, -0.2) is 17.8 Å². The molecule has 0 amide bonds. The molecular formula is C9H15ClO2S. The van der Waals surface area contributed by atoms with Crippen LogP contribution in [0.2, 0.25) is 0 Å². The topological polar surface area (TPSA) is 26.3 Å². The van der Waals surface area contributed by atoms with Crippen molar-refractivity contribution in [3.05, 3.63) is 0 Å². The lowest BCUT2D eigenvalue weighted by Crippen LogP contribution is -2.23. The number of hydrogen-bond acceptors (Lipinski definition) is 3. The van der Waals surface area contributed by atoms with Crippen LogP contribution in [0.1, 0.15) is 27.2 Å². The largest absolute Gasteiger partial charge is 0.465 e. The Hall–Kier alpha value is 0.110. The minimum atomic E-state index is -0.390. The summed E-state index contributed by atoms with van der Waals surface area (Å²) in [5.74, 6) is 0.353. The van der Waals surface area contributed by atoms with Gasteiger partial charge in [-0.15, -0.1) is 0 Å². The Balaban J connectivity index is 2.17. The normalized spacial score (nSPS) is 27.1. The smallest absolute Gasteiger partial charge is 0.311 e. The molecule has 13 heavy (non-hydrogen) atoms. The summed E-state index contributed by atoms with van der Waals surface area (Å²) in [6.07, 6.45) is 1.07. The molecule has 0 saturated heterocycles. The maximum atomic E-state index is 11.3. The highest BCUT2D eigenvalue weighted by Crippen LogP contribution is 2.43. The minimum absolute atomic E-state index is 0.127. The number of carbonyl (C=O) groups is 1. The van der Waals surface area contributed by atoms with E-state index in [4.69, 9.17) is 15.4 Å². The Bertz CT molecular complexity index is 200. The lowest BCUT2D eigenvalue weighted by atomic mass is 9.97. The van der Waals surface area contributed by atoms with Crippen molar-refractivity contribution < 1.29 is 9.53 Å². The van der Waals surface area contributed by atoms with E-state index in [1.165, 1.54) is 11.0 Å². The van der Waals surface area contributed by atoms with Gasteiger partial charge in [-0.1, -0.05) is 11.0 Å². The number of carbonyl (C=O) groups excluding carboxylic acids is 1. The summed E-state index contributed by atoms with van der Waals surface area (Å²) in [4.78, 5) is 11.3. The van der Waals surface area contributed by atoms with Crippen molar-refractivity contribution in [2.45, 2.75) is 32.4 Å². The fourth-order valence-electron chi connectivity index (χ4n) is 0.904. The number of esters is 1. The van der Waals surface area contributed by atoms with Crippen molar-refractivity contribution in [1.82, 2.24) is 0 Å². The van der Waals surface area contributed by atoms with Gasteiger partial charge in [0.25, 0.3) is 0 Å². The third kappa shape index (κ3) is 3.39. The van der Waals surface area contributed by atoms with Gasteiger partial charge >= 0.3 is 5.97 Å². The first-order chi connectivity index (χ1) is 5.95. The molecule has 1 fully saturated rings. The molecule has 0 bridgehead atoms. The molecule has 0 spiro atoms. The monoisotopic (exact) mass is 222 g/mol. The molecule has 0 N–H and O–H groups in total. The highest BCUT2D eigenvalue weighted by molar-refractivity contribution is 8.21. The molecule has 4 heteroatoms. The highest BCUT2D eigenvalue weighted by Gasteiger charge is 2.39. The van der Waals surface area contributed by atoms with Crippen LogP contribution >= 0.6 is 21.7 Å². The molecule has 0 aromatic carbocycles. The van der Waals surface area contributed by atoms with Crippen molar-refractivity contribution in [1.29, 1.82) is 0 Å². The first-order valence-electron chi connectivity index (χ1n) is 4.40. The molecule has 0 aromatic rings. The van der Waals surface area contributed by atoms with Crippen molar-refractivity contribution in [3.63, 3.8) is 0 Å². The van der Waals surface area contributed by atoms with Crippen LogP contribution in [0.3, 0.4) is 0 Å². The van der Waals surface area contributed by atoms with Crippen LogP contribution in [0.4, 0.5) is 0 Å². The second kappa shape index (κ2) is 4.09. The molecule has 1 saturated carbocycles. The average molecular weight is 223 g/mol. The Kier molecular flexibility index (Phi) is 3.52. The van der Waals surface area contributed by atoms with Gasteiger partial charge in [-0.2, -0.15) is 0 Å². The summed E-state index contributed by atoms with van der Waals surface area (Å²) in [7, 11) is 6.91. The quantitative estimate of drug-likeness (QED) is 0.687. The van der Waals surface area contributed by atoms with E-state index in [1.807, 2.05) is 20.8 Å². The molecule has 0 aliphatic heterocycles. The number of ether oxygens (including phenoxy) is 1. The predicted molar refractivity (Wildman–Crippen MR) is 55.8 cm³/mol. The maximum Gasteiger partial charge on any atom is 0.311 e. The fourth-order valence-corrected chi connectivity index (χ4v) is 2.10. The third-order valence-electron chi connectivity index (χ3n) is 2.01. The average Bonchev–Trinajstić information content (AvgIpc) is 2.76. The Labute approximate surface area is 87.9 Å². The first-order valence-corrected chi connectivity index (χ1v) is 6.10. The molecule has 0 heterocycles. The number of halogens is 1. The van der Waals surface area contributed by atoms with Crippen LogP contribution in [0.15, 0.2) is 0 Å². The van der Waals surface area contributed by atoms with E-state index in [0.717, 1.165) is 6.42 Å². The maximum absolute atomic E-state index is 11.3. The van der Waals surface area contributed by atoms with Gasteiger partial charge in [0.15, 0.2) is 0 Å². The molecule has 1 aliphatic carbocycles. The van der Waals surface area contributed by atoms with Gasteiger partial charge in [0.05, 0.1) is 12.0 Å². The number of hydrogen-bond donors (Lipinski definition) is 0. The van der Waals surface area contributed by atoms with Crippen LogP contribution in [0, 0.1) is 11.3 Å². The van der Waals surface area contributed by atoms with E-state index in [0.29, 0.717) is 17.8 Å². The molecule has 76 valence electrons. The Morgan fingerprint density at radius 2 is 2.23 bits per heavy atom. The molecule has 1 aliphatic rings. The minimum Gasteiger partial charge on any atom is -0.465 e. The Morgan fingerprint density at radius 3 is 2.62 bits per heavy atom. The summed E-state index contributed by atoms with van der Waals surface area (Å²) in [5, 5.41) is 0.495. The van der Waals surface area contributed by atoms with Gasteiger partial charge in [-0.25, -0.2) is 0 Å². The first kappa shape index (κ1) is 11.2. The zero-order chi connectivity index (χ0) is 10.1. The van der Waals surface area contributed by atoms with E-state index in [1.54, 1.807) is 0 Å². The van der Waals surface area contributed by atoms with Crippen LogP contribution in [-0.2, 0) is 9.53 Å². The molecule has 2 nitrogen and oxygen atoms in total. The molecule has 2 atom stereocenters. The van der Waals surface area contributed by atoms with E-state index in [-0.39, 0.29) is 5.97 Å². The number of rotatable bonds is 3. The predicted octanol–water partition coefficient (Wildman–Crippen LogP) is 2.85. The van der Waals surface area contributed by atoms with Crippen LogP contribution in [0.5, 0.6) is 0 Å². The summed E-state index contributed by atoms with van der Waals surface area (Å²) in [5.41, 5.74) is -0.390. The van der Waals surface area contributed by atoms with Crippen molar-refractivity contribution in [3.8, 4) is 0 Å². The van der Waals surface area contributed by atoms with E-state index in [9.17, 15) is 4.79 Å². The summed E-state index contributed by atoms with van der Waals surface area (Å²) in [6.45, 7) is 6.10. The third-order valence-corrected chi connectivity index (χ3v) is 3.51. The molecule has 0 radical (unpaired) electrons. The van der Waals surface area contributed by atoms with E-state index >= 15 is 0 Å².